The topological polar surface area (TPSA) is 75.8 Å². The molecule has 0 fully saturated rings. The number of nitrogens with two attached hydrogens (primary N) is 1. The summed E-state index contributed by atoms with van der Waals surface area (Å²) >= 11 is 0. The molecule has 0 bridgehead atoms. The van der Waals surface area contributed by atoms with E-state index in [-0.39, 0.29) is 11.7 Å². The molecule has 5 heteroatoms. The van der Waals surface area contributed by atoms with Gasteiger partial charge in [0.05, 0.1) is 18.4 Å². The van der Waals surface area contributed by atoms with Crippen molar-refractivity contribution in [1.82, 2.24) is 0 Å². The normalized spacial score (nSPS) is 10.1. The second-order valence-corrected chi connectivity index (χ2v) is 4.31. The van der Waals surface area contributed by atoms with Crippen LogP contribution in [0.1, 0.15) is 10.4 Å². The number of nitrogen functional groups attached to an aromatic ring is 1. The first-order valence-corrected chi connectivity index (χ1v) is 6.04. The van der Waals surface area contributed by atoms with Gasteiger partial charge in [-0.1, -0.05) is 12.1 Å². The van der Waals surface area contributed by atoms with Crippen molar-refractivity contribution in [2.45, 2.75) is 0 Å². The smallest absolute Gasteiger partial charge is 0.260 e. The van der Waals surface area contributed by atoms with E-state index in [9.17, 15) is 9.90 Å². The molecule has 0 radical (unpaired) electrons. The van der Waals surface area contributed by atoms with E-state index in [1.807, 2.05) is 0 Å². The lowest BCUT2D eigenvalue weighted by Gasteiger charge is -2.19. The summed E-state index contributed by atoms with van der Waals surface area (Å²) in [6.07, 6.45) is 0. The molecule has 0 unspecified atom stereocenters. The van der Waals surface area contributed by atoms with Crippen molar-refractivity contribution < 1.29 is 14.6 Å². The first kappa shape index (κ1) is 13.7. The third-order valence-electron chi connectivity index (χ3n) is 3.04. The van der Waals surface area contributed by atoms with Crippen LogP contribution in [0.5, 0.6) is 11.5 Å². The number of phenolic OH excluding ortho intramolecular Hbond substituents is 1. The summed E-state index contributed by atoms with van der Waals surface area (Å²) in [6.45, 7) is 0. The maximum Gasteiger partial charge on any atom is 0.260 e. The summed E-state index contributed by atoms with van der Waals surface area (Å²) in [4.78, 5) is 13.9. The molecule has 0 aliphatic carbocycles. The summed E-state index contributed by atoms with van der Waals surface area (Å²) in [5.41, 5.74) is 7.15. The third-order valence-corrected chi connectivity index (χ3v) is 3.04. The largest absolute Gasteiger partial charge is 0.508 e. The van der Waals surface area contributed by atoms with Gasteiger partial charge in [-0.25, -0.2) is 0 Å². The number of rotatable bonds is 3. The van der Waals surface area contributed by atoms with E-state index in [1.165, 1.54) is 18.1 Å². The third kappa shape index (κ3) is 2.51. The lowest BCUT2D eigenvalue weighted by molar-refractivity contribution is 0.0993. The monoisotopic (exact) mass is 272 g/mol. The maximum atomic E-state index is 12.5. The Labute approximate surface area is 117 Å². The molecule has 0 aromatic heterocycles. The van der Waals surface area contributed by atoms with Crippen molar-refractivity contribution in [1.29, 1.82) is 0 Å². The van der Waals surface area contributed by atoms with Gasteiger partial charge >= 0.3 is 0 Å². The van der Waals surface area contributed by atoms with Gasteiger partial charge in [0, 0.05) is 18.8 Å². The Morgan fingerprint density at radius 2 is 1.95 bits per heavy atom. The van der Waals surface area contributed by atoms with E-state index in [1.54, 1.807) is 43.4 Å². The predicted molar refractivity (Wildman–Crippen MR) is 78.2 cm³/mol. The number of aromatic hydroxyl groups is 1. The van der Waals surface area contributed by atoms with Gasteiger partial charge < -0.3 is 20.5 Å². The number of amides is 1. The molecule has 0 saturated carbocycles. The zero-order chi connectivity index (χ0) is 14.7. The Morgan fingerprint density at radius 1 is 1.25 bits per heavy atom. The van der Waals surface area contributed by atoms with E-state index < -0.39 is 0 Å². The molecule has 0 saturated heterocycles. The molecule has 0 heterocycles. The summed E-state index contributed by atoms with van der Waals surface area (Å²) in [6, 6.07) is 11.5. The van der Waals surface area contributed by atoms with Gasteiger partial charge in [0.25, 0.3) is 5.91 Å². The van der Waals surface area contributed by atoms with Gasteiger partial charge in [0.15, 0.2) is 0 Å². The standard InChI is InChI=1S/C15H16N2O3/c1-17(10-5-3-6-11(18)9-10)15(19)12-7-4-8-13(20-2)14(12)16/h3-9,18H,16H2,1-2H3. The van der Waals surface area contributed by atoms with E-state index in [4.69, 9.17) is 10.5 Å². The molecule has 5 nitrogen and oxygen atoms in total. The van der Waals surface area contributed by atoms with Gasteiger partial charge in [-0.3, -0.25) is 4.79 Å². The number of hydrogen-bond acceptors (Lipinski definition) is 4. The summed E-state index contributed by atoms with van der Waals surface area (Å²) < 4.78 is 5.10. The highest BCUT2D eigenvalue weighted by molar-refractivity contribution is 6.09. The van der Waals surface area contributed by atoms with Crippen LogP contribution >= 0.6 is 0 Å². The zero-order valence-electron chi connectivity index (χ0n) is 11.3. The van der Waals surface area contributed by atoms with Crippen LogP contribution in [0.2, 0.25) is 0 Å². The molecule has 1 amide bonds. The van der Waals surface area contributed by atoms with Crippen LogP contribution in [0, 0.1) is 0 Å². The van der Waals surface area contributed by atoms with Crippen LogP contribution in [-0.4, -0.2) is 25.2 Å². The number of carbonyl (C=O) groups excluding carboxylic acids is 1. The molecule has 0 spiro atoms. The molecular formula is C15H16N2O3. The van der Waals surface area contributed by atoms with Crippen LogP contribution in [0.25, 0.3) is 0 Å². The van der Waals surface area contributed by atoms with Crippen LogP contribution in [0.15, 0.2) is 42.5 Å². The van der Waals surface area contributed by atoms with Gasteiger partial charge in [0.2, 0.25) is 0 Å². The Balaban J connectivity index is 2.36. The maximum absolute atomic E-state index is 12.5. The van der Waals surface area contributed by atoms with Crippen LogP contribution in [0.3, 0.4) is 0 Å². The lowest BCUT2D eigenvalue weighted by Crippen LogP contribution is -2.27. The fourth-order valence-corrected chi connectivity index (χ4v) is 1.91. The molecule has 0 aliphatic heterocycles. The van der Waals surface area contributed by atoms with Crippen LogP contribution in [-0.2, 0) is 0 Å². The molecule has 2 aromatic rings. The number of nitrogens with zero attached hydrogens (tertiary/aromatic N) is 1. The Bertz CT molecular complexity index is 641. The molecule has 2 rings (SSSR count). The Morgan fingerprint density at radius 3 is 2.60 bits per heavy atom. The van der Waals surface area contributed by atoms with Crippen molar-refractivity contribution in [3.05, 3.63) is 48.0 Å². The van der Waals surface area contributed by atoms with Gasteiger partial charge in [-0.05, 0) is 24.3 Å². The Hall–Kier alpha value is -2.69. The van der Waals surface area contributed by atoms with Crippen LogP contribution < -0.4 is 15.4 Å². The highest BCUT2D eigenvalue weighted by Crippen LogP contribution is 2.27. The highest BCUT2D eigenvalue weighted by atomic mass is 16.5. The fourth-order valence-electron chi connectivity index (χ4n) is 1.91. The van der Waals surface area contributed by atoms with Gasteiger partial charge in [-0.2, -0.15) is 0 Å². The summed E-state index contributed by atoms with van der Waals surface area (Å²) in [5, 5.41) is 9.47. The number of hydrogen-bond donors (Lipinski definition) is 2. The first-order chi connectivity index (χ1) is 9.54. The predicted octanol–water partition coefficient (Wildman–Crippen LogP) is 2.26. The molecule has 0 aliphatic rings. The van der Waals surface area contributed by atoms with Crippen molar-refractivity contribution in [2.24, 2.45) is 0 Å². The average molecular weight is 272 g/mol. The number of para-hydroxylation sites is 1. The molecule has 104 valence electrons. The van der Waals surface area contributed by atoms with E-state index >= 15 is 0 Å². The zero-order valence-corrected chi connectivity index (χ0v) is 11.3. The molecular weight excluding hydrogens is 256 g/mol. The number of carbonyl (C=O) groups is 1. The SMILES string of the molecule is COc1cccc(C(=O)N(C)c2cccc(O)c2)c1N. The number of phenols is 1. The molecule has 3 N–H and O–H groups in total. The number of methoxy groups -OCH3 is 1. The minimum atomic E-state index is -0.271. The van der Waals surface area contributed by atoms with Crippen molar-refractivity contribution >= 4 is 17.3 Å². The second kappa shape index (κ2) is 5.52. The minimum Gasteiger partial charge on any atom is -0.508 e. The first-order valence-electron chi connectivity index (χ1n) is 6.04. The van der Waals surface area contributed by atoms with E-state index in [0.29, 0.717) is 22.7 Å². The average Bonchev–Trinajstić information content (AvgIpc) is 2.46. The molecule has 20 heavy (non-hydrogen) atoms. The number of ether oxygens (including phenoxy) is 1. The number of benzene rings is 2. The summed E-state index contributed by atoms with van der Waals surface area (Å²) in [7, 11) is 3.12. The van der Waals surface area contributed by atoms with Gasteiger partial charge in [0.1, 0.15) is 11.5 Å². The second-order valence-electron chi connectivity index (χ2n) is 4.31. The van der Waals surface area contributed by atoms with Crippen molar-refractivity contribution in [2.75, 3.05) is 24.8 Å². The van der Waals surface area contributed by atoms with E-state index in [2.05, 4.69) is 0 Å². The summed E-state index contributed by atoms with van der Waals surface area (Å²) in [5.74, 6) is 0.285. The lowest BCUT2D eigenvalue weighted by atomic mass is 10.1. The van der Waals surface area contributed by atoms with E-state index in [0.717, 1.165) is 0 Å². The molecule has 0 atom stereocenters. The van der Waals surface area contributed by atoms with Crippen molar-refractivity contribution in [3.8, 4) is 11.5 Å². The highest BCUT2D eigenvalue weighted by Gasteiger charge is 2.18. The van der Waals surface area contributed by atoms with Crippen LogP contribution in [0.4, 0.5) is 11.4 Å². The van der Waals surface area contributed by atoms with Crippen molar-refractivity contribution in [3.63, 3.8) is 0 Å². The Kier molecular flexibility index (Phi) is 3.79. The fraction of sp³-hybridized carbons (Fsp3) is 0.133. The number of anilines is 2. The van der Waals surface area contributed by atoms with Gasteiger partial charge in [-0.15, -0.1) is 0 Å². The molecule has 2 aromatic carbocycles. The minimum absolute atomic E-state index is 0.0979. The quantitative estimate of drug-likeness (QED) is 0.840.